The Bertz CT molecular complexity index is 293. The van der Waals surface area contributed by atoms with Gasteiger partial charge in [-0.2, -0.15) is 0 Å². The van der Waals surface area contributed by atoms with Crippen LogP contribution >= 0.6 is 0 Å². The van der Waals surface area contributed by atoms with Gasteiger partial charge in [0.2, 0.25) is 0 Å². The molecule has 1 aliphatic heterocycles. The zero-order valence-corrected chi connectivity index (χ0v) is 9.15. The van der Waals surface area contributed by atoms with Crippen molar-refractivity contribution >= 4 is 0 Å². The van der Waals surface area contributed by atoms with E-state index in [1.807, 2.05) is 11.6 Å². The van der Waals surface area contributed by atoms with E-state index in [4.69, 9.17) is 4.74 Å². The van der Waals surface area contributed by atoms with Gasteiger partial charge in [0, 0.05) is 13.7 Å². The normalized spacial score (nSPS) is 21.0. The fraction of sp³-hybridized carbons (Fsp3) is 0.800. The molecule has 1 N–H and O–H groups in total. The van der Waals surface area contributed by atoms with Crippen LogP contribution in [0.15, 0.2) is 6.33 Å². The molecule has 0 bridgehead atoms. The van der Waals surface area contributed by atoms with Crippen molar-refractivity contribution in [2.75, 3.05) is 13.2 Å². The third-order valence-corrected chi connectivity index (χ3v) is 2.76. The third kappa shape index (κ3) is 3.00. The summed E-state index contributed by atoms with van der Waals surface area (Å²) < 4.78 is 7.47. The van der Waals surface area contributed by atoms with Crippen LogP contribution in [-0.2, 0) is 18.3 Å². The molecule has 0 amide bonds. The maximum atomic E-state index is 5.54. The number of ether oxygens (including phenoxy) is 1. The van der Waals surface area contributed by atoms with E-state index in [2.05, 4.69) is 15.5 Å². The van der Waals surface area contributed by atoms with Crippen molar-refractivity contribution in [1.82, 2.24) is 20.1 Å². The van der Waals surface area contributed by atoms with E-state index >= 15 is 0 Å². The summed E-state index contributed by atoms with van der Waals surface area (Å²) >= 11 is 0. The number of hydrogen-bond donors (Lipinski definition) is 1. The van der Waals surface area contributed by atoms with Gasteiger partial charge in [-0.25, -0.2) is 0 Å². The second-order valence-electron chi connectivity index (χ2n) is 3.96. The molecule has 0 radical (unpaired) electrons. The molecule has 84 valence electrons. The highest BCUT2D eigenvalue weighted by Gasteiger charge is 2.14. The minimum Gasteiger partial charge on any atom is -0.378 e. The number of aromatic nitrogens is 3. The largest absolute Gasteiger partial charge is 0.378 e. The Morgan fingerprint density at radius 1 is 1.67 bits per heavy atom. The predicted molar refractivity (Wildman–Crippen MR) is 56.3 cm³/mol. The first kappa shape index (κ1) is 10.6. The molecule has 1 unspecified atom stereocenters. The van der Waals surface area contributed by atoms with Crippen LogP contribution in [0.25, 0.3) is 0 Å². The summed E-state index contributed by atoms with van der Waals surface area (Å²) in [6, 6.07) is 0. The zero-order chi connectivity index (χ0) is 10.5. The lowest BCUT2D eigenvalue weighted by Gasteiger charge is -2.09. The van der Waals surface area contributed by atoms with Crippen LogP contribution in [0.2, 0.25) is 0 Å². The van der Waals surface area contributed by atoms with Crippen molar-refractivity contribution in [3.8, 4) is 0 Å². The van der Waals surface area contributed by atoms with Gasteiger partial charge in [-0.3, -0.25) is 0 Å². The number of aryl methyl sites for hydroxylation is 1. The molecule has 2 rings (SSSR count). The van der Waals surface area contributed by atoms with Crippen molar-refractivity contribution in [2.24, 2.45) is 7.05 Å². The first-order valence-electron chi connectivity index (χ1n) is 5.51. The Labute approximate surface area is 89.8 Å². The topological polar surface area (TPSA) is 52.0 Å². The van der Waals surface area contributed by atoms with Crippen LogP contribution in [0.3, 0.4) is 0 Å². The molecule has 1 aliphatic rings. The SMILES string of the molecule is Cn1cnnc1CNCCC1CCCO1. The summed E-state index contributed by atoms with van der Waals surface area (Å²) in [7, 11) is 1.96. The van der Waals surface area contributed by atoms with E-state index in [1.165, 1.54) is 12.8 Å². The molecule has 5 heteroatoms. The molecule has 1 aromatic heterocycles. The fourth-order valence-corrected chi connectivity index (χ4v) is 1.80. The summed E-state index contributed by atoms with van der Waals surface area (Å²) in [4.78, 5) is 0. The minimum atomic E-state index is 0.469. The standard InChI is InChI=1S/C10H18N4O/c1-14-8-12-13-10(14)7-11-5-4-9-3-2-6-15-9/h8-9,11H,2-7H2,1H3. The summed E-state index contributed by atoms with van der Waals surface area (Å²) in [6.45, 7) is 2.70. The zero-order valence-electron chi connectivity index (χ0n) is 9.15. The molecule has 1 saturated heterocycles. The Morgan fingerprint density at radius 3 is 3.27 bits per heavy atom. The van der Waals surface area contributed by atoms with Gasteiger partial charge in [0.25, 0.3) is 0 Å². The molecule has 0 saturated carbocycles. The van der Waals surface area contributed by atoms with Gasteiger partial charge in [-0.15, -0.1) is 10.2 Å². The molecule has 5 nitrogen and oxygen atoms in total. The smallest absolute Gasteiger partial charge is 0.146 e. The Balaban J connectivity index is 1.60. The number of nitrogens with zero attached hydrogens (tertiary/aromatic N) is 3. The van der Waals surface area contributed by atoms with Gasteiger partial charge in [-0.1, -0.05) is 0 Å². The third-order valence-electron chi connectivity index (χ3n) is 2.76. The average Bonchev–Trinajstić information content (AvgIpc) is 2.85. The van der Waals surface area contributed by atoms with E-state index < -0.39 is 0 Å². The monoisotopic (exact) mass is 210 g/mol. The van der Waals surface area contributed by atoms with Crippen LogP contribution in [0.5, 0.6) is 0 Å². The molecule has 1 fully saturated rings. The molecule has 1 aromatic rings. The molecule has 1 atom stereocenters. The van der Waals surface area contributed by atoms with Gasteiger partial charge in [-0.05, 0) is 25.8 Å². The molecule has 15 heavy (non-hydrogen) atoms. The Morgan fingerprint density at radius 2 is 2.60 bits per heavy atom. The van der Waals surface area contributed by atoms with Gasteiger partial charge in [0.05, 0.1) is 12.6 Å². The van der Waals surface area contributed by atoms with Crippen LogP contribution in [-0.4, -0.2) is 34.0 Å². The van der Waals surface area contributed by atoms with Crippen LogP contribution in [0.1, 0.15) is 25.1 Å². The summed E-state index contributed by atoms with van der Waals surface area (Å²) in [5.41, 5.74) is 0. The second-order valence-corrected chi connectivity index (χ2v) is 3.96. The Hall–Kier alpha value is -0.940. The second kappa shape index (κ2) is 5.23. The first-order valence-corrected chi connectivity index (χ1v) is 5.51. The fourth-order valence-electron chi connectivity index (χ4n) is 1.80. The van der Waals surface area contributed by atoms with Crippen LogP contribution in [0.4, 0.5) is 0 Å². The first-order chi connectivity index (χ1) is 7.36. The summed E-state index contributed by atoms with van der Waals surface area (Å²) in [5.74, 6) is 0.974. The van der Waals surface area contributed by atoms with E-state index in [9.17, 15) is 0 Å². The minimum absolute atomic E-state index is 0.469. The molecule has 0 aromatic carbocycles. The van der Waals surface area contributed by atoms with Gasteiger partial charge < -0.3 is 14.6 Å². The number of rotatable bonds is 5. The van der Waals surface area contributed by atoms with Gasteiger partial charge in [0.15, 0.2) is 0 Å². The molecule has 0 spiro atoms. The highest BCUT2D eigenvalue weighted by molar-refractivity contribution is 4.83. The lowest BCUT2D eigenvalue weighted by molar-refractivity contribution is 0.104. The maximum absolute atomic E-state index is 5.54. The number of nitrogens with one attached hydrogen (secondary N) is 1. The van der Waals surface area contributed by atoms with Crippen LogP contribution < -0.4 is 5.32 Å². The van der Waals surface area contributed by atoms with E-state index in [-0.39, 0.29) is 0 Å². The summed E-state index contributed by atoms with van der Waals surface area (Å²) in [6.07, 6.45) is 5.71. The quantitative estimate of drug-likeness (QED) is 0.718. The van der Waals surface area contributed by atoms with Crippen LogP contribution in [0, 0.1) is 0 Å². The highest BCUT2D eigenvalue weighted by atomic mass is 16.5. The highest BCUT2D eigenvalue weighted by Crippen LogP contribution is 2.14. The van der Waals surface area contributed by atoms with Crippen molar-refractivity contribution in [3.05, 3.63) is 12.2 Å². The average molecular weight is 210 g/mol. The number of hydrogen-bond acceptors (Lipinski definition) is 4. The van der Waals surface area contributed by atoms with Crippen molar-refractivity contribution in [3.63, 3.8) is 0 Å². The maximum Gasteiger partial charge on any atom is 0.146 e. The molecule has 2 heterocycles. The van der Waals surface area contributed by atoms with E-state index in [1.54, 1.807) is 6.33 Å². The van der Waals surface area contributed by atoms with Crippen molar-refractivity contribution in [1.29, 1.82) is 0 Å². The van der Waals surface area contributed by atoms with Crippen molar-refractivity contribution in [2.45, 2.75) is 31.9 Å². The van der Waals surface area contributed by atoms with Gasteiger partial charge in [0.1, 0.15) is 12.2 Å². The molecule has 0 aliphatic carbocycles. The van der Waals surface area contributed by atoms with Gasteiger partial charge >= 0.3 is 0 Å². The van der Waals surface area contributed by atoms with Crippen molar-refractivity contribution < 1.29 is 4.74 Å². The Kier molecular flexibility index (Phi) is 3.69. The molecular formula is C10H18N4O. The lowest BCUT2D eigenvalue weighted by atomic mass is 10.2. The van der Waals surface area contributed by atoms with E-state index in [0.717, 1.165) is 31.9 Å². The van der Waals surface area contributed by atoms with E-state index in [0.29, 0.717) is 6.10 Å². The predicted octanol–water partition coefficient (Wildman–Crippen LogP) is 0.474. The summed E-state index contributed by atoms with van der Waals surface area (Å²) in [5, 5.41) is 11.2. The molecular weight excluding hydrogens is 192 g/mol. The lowest BCUT2D eigenvalue weighted by Crippen LogP contribution is -2.21.